The number of rotatable bonds is 11. The van der Waals surface area contributed by atoms with E-state index in [-0.39, 0.29) is 6.61 Å². The molecule has 0 aliphatic heterocycles. The van der Waals surface area contributed by atoms with Gasteiger partial charge < -0.3 is 19.1 Å². The number of carbonyl (C=O) groups is 1. The zero-order chi connectivity index (χ0) is 22.9. The van der Waals surface area contributed by atoms with E-state index in [4.69, 9.17) is 14.0 Å². The molecule has 0 amide bonds. The van der Waals surface area contributed by atoms with E-state index in [2.05, 4.69) is 10.1 Å². The maximum Gasteiger partial charge on any atom is 0.312 e. The lowest BCUT2D eigenvalue weighted by atomic mass is 9.95. The van der Waals surface area contributed by atoms with E-state index in [1.807, 2.05) is 68.4 Å². The fourth-order valence-corrected chi connectivity index (χ4v) is 3.09. The molecule has 32 heavy (non-hydrogen) atoms. The van der Waals surface area contributed by atoms with E-state index in [9.17, 15) is 9.90 Å². The summed E-state index contributed by atoms with van der Waals surface area (Å²) in [4.78, 5) is 21.3. The predicted molar refractivity (Wildman–Crippen MR) is 122 cm³/mol. The van der Waals surface area contributed by atoms with E-state index in [1.165, 1.54) is 0 Å². The van der Waals surface area contributed by atoms with E-state index >= 15 is 0 Å². The Labute approximate surface area is 187 Å². The van der Waals surface area contributed by atoms with Gasteiger partial charge in [-0.1, -0.05) is 42.4 Å². The molecule has 0 radical (unpaired) electrons. The molecule has 0 spiro atoms. The third-order valence-corrected chi connectivity index (χ3v) is 4.96. The Hall–Kier alpha value is -3.61. The first-order chi connectivity index (χ1) is 15.5. The van der Waals surface area contributed by atoms with Gasteiger partial charge in [0.2, 0.25) is 5.89 Å². The first-order valence-corrected chi connectivity index (χ1v) is 10.6. The monoisotopic (exact) mass is 436 g/mol. The van der Waals surface area contributed by atoms with Crippen molar-refractivity contribution < 1.29 is 23.9 Å². The van der Waals surface area contributed by atoms with Gasteiger partial charge in [0.05, 0.1) is 5.71 Å². The van der Waals surface area contributed by atoms with Crippen LogP contribution in [0.4, 0.5) is 0 Å². The molecule has 0 bridgehead atoms. The van der Waals surface area contributed by atoms with Gasteiger partial charge in [-0.3, -0.25) is 4.79 Å². The van der Waals surface area contributed by atoms with Crippen molar-refractivity contribution in [2.24, 2.45) is 11.1 Å². The first kappa shape index (κ1) is 23.1. The fourth-order valence-electron chi connectivity index (χ4n) is 3.09. The Morgan fingerprint density at radius 2 is 1.88 bits per heavy atom. The molecule has 3 rings (SSSR count). The second-order valence-electron chi connectivity index (χ2n) is 7.48. The van der Waals surface area contributed by atoms with Crippen molar-refractivity contribution in [2.75, 3.05) is 6.61 Å². The normalized spacial score (nSPS) is 12.4. The van der Waals surface area contributed by atoms with Gasteiger partial charge in [-0.2, -0.15) is 0 Å². The molecule has 1 heterocycles. The smallest absolute Gasteiger partial charge is 0.312 e. The van der Waals surface area contributed by atoms with E-state index in [0.717, 1.165) is 23.2 Å². The Kier molecular flexibility index (Phi) is 8.02. The molecule has 1 atom stereocenters. The van der Waals surface area contributed by atoms with Gasteiger partial charge in [0.25, 0.3) is 0 Å². The molecule has 1 aromatic heterocycles. The second kappa shape index (κ2) is 11.1. The van der Waals surface area contributed by atoms with Crippen LogP contribution in [0.5, 0.6) is 5.75 Å². The topological polar surface area (TPSA) is 94.2 Å². The summed E-state index contributed by atoms with van der Waals surface area (Å²) in [6.45, 7) is 6.25. The van der Waals surface area contributed by atoms with Gasteiger partial charge in [-0.15, -0.1) is 0 Å². The number of ether oxygens (including phenoxy) is 1. The second-order valence-corrected chi connectivity index (χ2v) is 7.48. The third kappa shape index (κ3) is 6.20. The summed E-state index contributed by atoms with van der Waals surface area (Å²) < 4.78 is 11.6. The molecular formula is C25H28N2O5. The molecule has 0 saturated carbocycles. The SMILES string of the molecule is CCCO/N=C(\C)[C@@H](Cc1ccc(OCc2nc(-c3ccccc3)oc2C)cc1)C(=O)O. The number of hydrogen-bond acceptors (Lipinski definition) is 6. The van der Waals surface area contributed by atoms with E-state index in [0.29, 0.717) is 36.1 Å². The lowest BCUT2D eigenvalue weighted by Crippen LogP contribution is -2.24. The maximum atomic E-state index is 11.7. The van der Waals surface area contributed by atoms with Gasteiger partial charge in [0.15, 0.2) is 0 Å². The molecule has 7 heteroatoms. The predicted octanol–water partition coefficient (Wildman–Crippen LogP) is 5.27. The minimum atomic E-state index is -0.928. The Morgan fingerprint density at radius 3 is 2.53 bits per heavy atom. The fraction of sp³-hybridized carbons (Fsp3) is 0.320. The van der Waals surface area contributed by atoms with Crippen molar-refractivity contribution in [3.63, 3.8) is 0 Å². The zero-order valence-electron chi connectivity index (χ0n) is 18.6. The van der Waals surface area contributed by atoms with Gasteiger partial charge in [-0.25, -0.2) is 4.98 Å². The van der Waals surface area contributed by atoms with Crippen LogP contribution in [0.15, 0.2) is 64.2 Å². The van der Waals surface area contributed by atoms with Crippen LogP contribution < -0.4 is 4.74 Å². The molecule has 0 aliphatic rings. The molecule has 168 valence electrons. The van der Waals surface area contributed by atoms with Gasteiger partial charge in [0, 0.05) is 5.56 Å². The van der Waals surface area contributed by atoms with Crippen molar-refractivity contribution >= 4 is 11.7 Å². The van der Waals surface area contributed by atoms with Gasteiger partial charge in [-0.05, 0) is 56.5 Å². The quantitative estimate of drug-likeness (QED) is 0.250. The van der Waals surface area contributed by atoms with Crippen molar-refractivity contribution in [3.05, 3.63) is 71.6 Å². The first-order valence-electron chi connectivity index (χ1n) is 10.6. The molecular weight excluding hydrogens is 408 g/mol. The average molecular weight is 437 g/mol. The van der Waals surface area contributed by atoms with Gasteiger partial charge >= 0.3 is 5.97 Å². The number of aliphatic carboxylic acids is 1. The molecule has 2 aromatic carbocycles. The zero-order valence-corrected chi connectivity index (χ0v) is 18.6. The Morgan fingerprint density at radius 1 is 1.16 bits per heavy atom. The van der Waals surface area contributed by atoms with Crippen LogP contribution in [0.2, 0.25) is 0 Å². The summed E-state index contributed by atoms with van der Waals surface area (Å²) in [5, 5.41) is 13.5. The minimum Gasteiger partial charge on any atom is -0.487 e. The van der Waals surface area contributed by atoms with Crippen LogP contribution >= 0.6 is 0 Å². The highest BCUT2D eigenvalue weighted by Gasteiger charge is 2.22. The lowest BCUT2D eigenvalue weighted by Gasteiger charge is -2.12. The Bertz CT molecular complexity index is 1040. The number of aryl methyl sites for hydroxylation is 1. The number of hydrogen-bond donors (Lipinski definition) is 1. The highest BCUT2D eigenvalue weighted by molar-refractivity contribution is 6.00. The summed E-state index contributed by atoms with van der Waals surface area (Å²) in [6, 6.07) is 17.1. The summed E-state index contributed by atoms with van der Waals surface area (Å²) in [5.74, 6) is 0.276. The molecule has 0 fully saturated rings. The van der Waals surface area contributed by atoms with Crippen molar-refractivity contribution in [1.29, 1.82) is 0 Å². The molecule has 1 N–H and O–H groups in total. The van der Waals surface area contributed by atoms with Gasteiger partial charge in [0.1, 0.15) is 36.3 Å². The number of carboxylic acid groups (broad SMARTS) is 1. The summed E-state index contributed by atoms with van der Waals surface area (Å²) in [6.07, 6.45) is 1.14. The summed E-state index contributed by atoms with van der Waals surface area (Å²) in [5.41, 5.74) is 2.97. The number of benzene rings is 2. The molecule has 3 aromatic rings. The third-order valence-electron chi connectivity index (χ3n) is 4.96. The standard InChI is InChI=1S/C25H28N2O5/c1-4-14-31-27-17(2)22(25(28)29)15-19-10-12-21(13-11-19)30-16-23-18(3)32-24(26-23)20-8-6-5-7-9-20/h5-13,22H,4,14-16H2,1-3H3,(H,28,29)/b27-17+/t22-/m1/s1. The van der Waals surface area contributed by atoms with Crippen LogP contribution in [-0.2, 0) is 22.7 Å². The summed E-state index contributed by atoms with van der Waals surface area (Å²) >= 11 is 0. The van der Waals surface area contributed by atoms with Crippen LogP contribution in [-0.4, -0.2) is 28.4 Å². The van der Waals surface area contributed by atoms with E-state index < -0.39 is 11.9 Å². The molecule has 0 aliphatic carbocycles. The number of carboxylic acids is 1. The lowest BCUT2D eigenvalue weighted by molar-refractivity contribution is -0.139. The highest BCUT2D eigenvalue weighted by atomic mass is 16.6. The number of oxazole rings is 1. The van der Waals surface area contributed by atoms with Crippen molar-refractivity contribution in [3.8, 4) is 17.2 Å². The number of nitrogens with zero attached hydrogens (tertiary/aromatic N) is 2. The minimum absolute atomic E-state index is 0.278. The molecule has 0 saturated heterocycles. The highest BCUT2D eigenvalue weighted by Crippen LogP contribution is 2.23. The molecule has 0 unspecified atom stereocenters. The van der Waals surface area contributed by atoms with E-state index in [1.54, 1.807) is 6.92 Å². The Balaban J connectivity index is 1.60. The number of oxime groups is 1. The maximum absolute atomic E-state index is 11.7. The van der Waals surface area contributed by atoms with Crippen molar-refractivity contribution in [1.82, 2.24) is 4.98 Å². The number of aromatic nitrogens is 1. The van der Waals surface area contributed by atoms with Crippen LogP contribution in [0, 0.1) is 12.8 Å². The molecule has 7 nitrogen and oxygen atoms in total. The van der Waals surface area contributed by atoms with Crippen LogP contribution in [0.25, 0.3) is 11.5 Å². The largest absolute Gasteiger partial charge is 0.487 e. The summed E-state index contributed by atoms with van der Waals surface area (Å²) in [7, 11) is 0. The van der Waals surface area contributed by atoms with Crippen LogP contribution in [0.3, 0.4) is 0 Å². The van der Waals surface area contributed by atoms with Crippen molar-refractivity contribution in [2.45, 2.75) is 40.2 Å². The van der Waals surface area contributed by atoms with Crippen LogP contribution in [0.1, 0.15) is 37.3 Å². The average Bonchev–Trinajstić information content (AvgIpc) is 3.18.